The van der Waals surface area contributed by atoms with Crippen LogP contribution in [-0.4, -0.2) is 9.97 Å². The Kier molecular flexibility index (Phi) is 3.29. The van der Waals surface area contributed by atoms with Crippen LogP contribution >= 0.6 is 15.9 Å². The van der Waals surface area contributed by atoms with Crippen molar-refractivity contribution in [2.24, 2.45) is 0 Å². The van der Waals surface area contributed by atoms with E-state index >= 15 is 0 Å². The van der Waals surface area contributed by atoms with Gasteiger partial charge in [-0.2, -0.15) is 0 Å². The van der Waals surface area contributed by atoms with E-state index in [1.807, 2.05) is 12.1 Å². The van der Waals surface area contributed by atoms with Crippen LogP contribution in [0.4, 0.5) is 5.95 Å². The van der Waals surface area contributed by atoms with Crippen molar-refractivity contribution in [3.63, 3.8) is 0 Å². The van der Waals surface area contributed by atoms with Crippen LogP contribution in [0.15, 0.2) is 47.2 Å². The SMILES string of the molecule is Brc1cccc(CNc2ncccn2)c1. The van der Waals surface area contributed by atoms with E-state index in [0.717, 1.165) is 11.0 Å². The summed E-state index contributed by atoms with van der Waals surface area (Å²) in [6.45, 7) is 0.726. The highest BCUT2D eigenvalue weighted by atomic mass is 79.9. The van der Waals surface area contributed by atoms with Crippen LogP contribution in [0.5, 0.6) is 0 Å². The van der Waals surface area contributed by atoms with E-state index in [0.29, 0.717) is 5.95 Å². The number of halogens is 1. The van der Waals surface area contributed by atoms with Crippen LogP contribution in [-0.2, 0) is 6.54 Å². The lowest BCUT2D eigenvalue weighted by Crippen LogP contribution is -2.02. The molecule has 15 heavy (non-hydrogen) atoms. The lowest BCUT2D eigenvalue weighted by molar-refractivity contribution is 1.05. The largest absolute Gasteiger partial charge is 0.350 e. The van der Waals surface area contributed by atoms with E-state index in [-0.39, 0.29) is 0 Å². The molecule has 0 amide bonds. The molecule has 0 fully saturated rings. The molecule has 0 atom stereocenters. The topological polar surface area (TPSA) is 37.8 Å². The zero-order valence-corrected chi connectivity index (χ0v) is 9.61. The maximum absolute atomic E-state index is 4.08. The van der Waals surface area contributed by atoms with Gasteiger partial charge in [-0.3, -0.25) is 0 Å². The Morgan fingerprint density at radius 3 is 2.67 bits per heavy atom. The molecular weight excluding hydrogens is 254 g/mol. The van der Waals surface area contributed by atoms with E-state index in [2.05, 4.69) is 43.3 Å². The van der Waals surface area contributed by atoms with Gasteiger partial charge in [-0.25, -0.2) is 9.97 Å². The van der Waals surface area contributed by atoms with E-state index in [1.54, 1.807) is 18.5 Å². The summed E-state index contributed by atoms with van der Waals surface area (Å²) >= 11 is 3.43. The highest BCUT2D eigenvalue weighted by Gasteiger charge is 1.95. The second-order valence-corrected chi connectivity index (χ2v) is 3.97. The number of hydrogen-bond acceptors (Lipinski definition) is 3. The first-order valence-corrected chi connectivity index (χ1v) is 5.39. The number of benzene rings is 1. The molecule has 0 saturated heterocycles. The second kappa shape index (κ2) is 4.89. The molecule has 2 aromatic rings. The van der Waals surface area contributed by atoms with Crippen LogP contribution in [0, 0.1) is 0 Å². The minimum absolute atomic E-state index is 0.650. The Morgan fingerprint density at radius 1 is 1.13 bits per heavy atom. The maximum Gasteiger partial charge on any atom is 0.222 e. The van der Waals surface area contributed by atoms with Gasteiger partial charge < -0.3 is 5.32 Å². The average molecular weight is 264 g/mol. The van der Waals surface area contributed by atoms with Gasteiger partial charge in [-0.15, -0.1) is 0 Å². The Morgan fingerprint density at radius 2 is 1.93 bits per heavy atom. The van der Waals surface area contributed by atoms with E-state index < -0.39 is 0 Å². The van der Waals surface area contributed by atoms with Crippen molar-refractivity contribution in [3.8, 4) is 0 Å². The summed E-state index contributed by atoms with van der Waals surface area (Å²) in [6.07, 6.45) is 3.44. The van der Waals surface area contributed by atoms with Crippen LogP contribution in [0.3, 0.4) is 0 Å². The predicted molar refractivity (Wildman–Crippen MR) is 63.5 cm³/mol. The zero-order chi connectivity index (χ0) is 10.5. The number of aromatic nitrogens is 2. The molecular formula is C11H10BrN3. The molecule has 0 spiro atoms. The fourth-order valence-electron chi connectivity index (χ4n) is 1.22. The number of rotatable bonds is 3. The van der Waals surface area contributed by atoms with Crippen LogP contribution in [0.25, 0.3) is 0 Å². The van der Waals surface area contributed by atoms with Gasteiger partial charge in [0.1, 0.15) is 0 Å². The lowest BCUT2D eigenvalue weighted by atomic mass is 10.2. The third-order valence-corrected chi connectivity index (χ3v) is 2.40. The molecule has 1 aromatic heterocycles. The Balaban J connectivity index is 1.99. The Hall–Kier alpha value is -1.42. The molecule has 0 unspecified atom stereocenters. The van der Waals surface area contributed by atoms with Gasteiger partial charge in [0.2, 0.25) is 5.95 Å². The minimum Gasteiger partial charge on any atom is -0.350 e. The molecule has 0 saturated carbocycles. The summed E-state index contributed by atoms with van der Waals surface area (Å²) in [5.74, 6) is 0.650. The molecule has 0 aliphatic rings. The Bertz CT molecular complexity index is 431. The fraction of sp³-hybridized carbons (Fsp3) is 0.0909. The number of hydrogen-bond donors (Lipinski definition) is 1. The molecule has 1 N–H and O–H groups in total. The van der Waals surface area contributed by atoms with Crippen LogP contribution in [0.2, 0.25) is 0 Å². The van der Waals surface area contributed by atoms with Gasteiger partial charge in [0, 0.05) is 23.4 Å². The van der Waals surface area contributed by atoms with Crippen LogP contribution < -0.4 is 5.32 Å². The molecule has 0 aliphatic carbocycles. The van der Waals surface area contributed by atoms with E-state index in [4.69, 9.17) is 0 Å². The smallest absolute Gasteiger partial charge is 0.222 e. The third kappa shape index (κ3) is 3.02. The van der Waals surface area contributed by atoms with Gasteiger partial charge in [-0.05, 0) is 23.8 Å². The van der Waals surface area contributed by atoms with Crippen LogP contribution in [0.1, 0.15) is 5.56 Å². The number of anilines is 1. The summed E-state index contributed by atoms with van der Waals surface area (Å²) in [5.41, 5.74) is 1.19. The molecule has 0 aliphatic heterocycles. The summed E-state index contributed by atoms with van der Waals surface area (Å²) in [7, 11) is 0. The van der Waals surface area contributed by atoms with Gasteiger partial charge in [0.05, 0.1) is 0 Å². The summed E-state index contributed by atoms with van der Waals surface area (Å²) < 4.78 is 1.08. The maximum atomic E-state index is 4.08. The molecule has 1 heterocycles. The first-order valence-electron chi connectivity index (χ1n) is 4.60. The molecule has 76 valence electrons. The summed E-state index contributed by atoms with van der Waals surface area (Å²) in [4.78, 5) is 8.16. The highest BCUT2D eigenvalue weighted by Crippen LogP contribution is 2.12. The van der Waals surface area contributed by atoms with Crippen molar-refractivity contribution in [1.82, 2.24) is 9.97 Å². The monoisotopic (exact) mass is 263 g/mol. The average Bonchev–Trinajstić information content (AvgIpc) is 2.28. The Labute approximate surface area is 96.7 Å². The van der Waals surface area contributed by atoms with Gasteiger partial charge in [0.25, 0.3) is 0 Å². The van der Waals surface area contributed by atoms with E-state index in [9.17, 15) is 0 Å². The highest BCUT2D eigenvalue weighted by molar-refractivity contribution is 9.10. The number of nitrogens with one attached hydrogen (secondary N) is 1. The summed E-state index contributed by atoms with van der Waals surface area (Å²) in [5, 5.41) is 3.15. The first-order chi connectivity index (χ1) is 7.34. The van der Waals surface area contributed by atoms with Crippen molar-refractivity contribution in [1.29, 1.82) is 0 Å². The van der Waals surface area contributed by atoms with Gasteiger partial charge in [0.15, 0.2) is 0 Å². The molecule has 3 nitrogen and oxygen atoms in total. The summed E-state index contributed by atoms with van der Waals surface area (Å²) in [6, 6.07) is 9.93. The van der Waals surface area contributed by atoms with E-state index in [1.165, 1.54) is 5.56 Å². The van der Waals surface area contributed by atoms with Crippen molar-refractivity contribution in [3.05, 3.63) is 52.8 Å². The van der Waals surface area contributed by atoms with Gasteiger partial charge in [-0.1, -0.05) is 28.1 Å². The molecule has 2 rings (SSSR count). The first kappa shape index (κ1) is 10.1. The lowest BCUT2D eigenvalue weighted by Gasteiger charge is -2.04. The minimum atomic E-state index is 0.650. The predicted octanol–water partition coefficient (Wildman–Crippen LogP) is 2.85. The molecule has 4 heteroatoms. The quantitative estimate of drug-likeness (QED) is 0.926. The van der Waals surface area contributed by atoms with Crippen molar-refractivity contribution >= 4 is 21.9 Å². The number of nitrogens with zero attached hydrogens (tertiary/aromatic N) is 2. The van der Waals surface area contributed by atoms with Crippen molar-refractivity contribution in [2.45, 2.75) is 6.54 Å². The molecule has 0 radical (unpaired) electrons. The van der Waals surface area contributed by atoms with Crippen molar-refractivity contribution in [2.75, 3.05) is 5.32 Å². The fourth-order valence-corrected chi connectivity index (χ4v) is 1.67. The second-order valence-electron chi connectivity index (χ2n) is 3.06. The zero-order valence-electron chi connectivity index (χ0n) is 8.02. The van der Waals surface area contributed by atoms with Crippen molar-refractivity contribution < 1.29 is 0 Å². The normalized spacial score (nSPS) is 9.93. The molecule has 1 aromatic carbocycles. The van der Waals surface area contributed by atoms with Gasteiger partial charge >= 0.3 is 0 Å². The standard InChI is InChI=1S/C11H10BrN3/c12-10-4-1-3-9(7-10)8-15-11-13-5-2-6-14-11/h1-7H,8H2,(H,13,14,15). The third-order valence-electron chi connectivity index (χ3n) is 1.91. The molecule has 0 bridgehead atoms.